The van der Waals surface area contributed by atoms with Gasteiger partial charge in [-0.15, -0.1) is 0 Å². The molecule has 0 aliphatic carbocycles. The Morgan fingerprint density at radius 3 is 2.32 bits per heavy atom. The Kier molecular flexibility index (Phi) is 8.15. The summed E-state index contributed by atoms with van der Waals surface area (Å²) in [6.07, 6.45) is 5.65. The minimum atomic E-state index is -0.200. The maximum absolute atomic E-state index is 13.2. The number of benzene rings is 2. The van der Waals surface area contributed by atoms with Crippen LogP contribution in [0, 0.1) is 6.92 Å². The number of rotatable bonds is 9. The highest BCUT2D eigenvalue weighted by molar-refractivity contribution is 6.04. The molecule has 6 nitrogen and oxygen atoms in total. The molecule has 34 heavy (non-hydrogen) atoms. The maximum Gasteiger partial charge on any atom is 0.294 e. The van der Waals surface area contributed by atoms with Gasteiger partial charge < -0.3 is 19.5 Å². The van der Waals surface area contributed by atoms with Crippen LogP contribution >= 0.6 is 0 Å². The van der Waals surface area contributed by atoms with E-state index in [-0.39, 0.29) is 11.8 Å². The van der Waals surface area contributed by atoms with E-state index in [1.807, 2.05) is 55.5 Å². The number of hydrogen-bond acceptors (Lipinski definition) is 4. The molecule has 4 rings (SSSR count). The topological polar surface area (TPSA) is 65.8 Å². The Balaban J connectivity index is 1.38. The summed E-state index contributed by atoms with van der Waals surface area (Å²) in [6.45, 7) is 6.32. The van der Waals surface area contributed by atoms with Crippen LogP contribution in [0.15, 0.2) is 71.3 Å². The standard InChI is InChI=1S/C28H33N3O3/c1-22-7-9-24(10-8-22)21-31(28(33)26-6-5-19-34-26)25-13-11-23(12-14-25)20-27(32)29-15-18-30-16-3-2-4-17-30/h5-14,19H,2-4,15-18,20-21H2,1H3,(H,29,32). The molecule has 0 spiro atoms. The number of likely N-dealkylation sites (tertiary alicyclic amines) is 1. The first-order chi connectivity index (χ1) is 16.6. The number of nitrogens with one attached hydrogen (secondary N) is 1. The summed E-state index contributed by atoms with van der Waals surface area (Å²) in [5.74, 6) is 0.117. The van der Waals surface area contributed by atoms with Crippen molar-refractivity contribution in [1.29, 1.82) is 0 Å². The summed E-state index contributed by atoms with van der Waals surface area (Å²) < 4.78 is 5.36. The SMILES string of the molecule is Cc1ccc(CN(C(=O)c2ccco2)c2ccc(CC(=O)NCCN3CCCCC3)cc2)cc1. The van der Waals surface area contributed by atoms with E-state index in [0.29, 0.717) is 25.3 Å². The molecule has 0 saturated carbocycles. The molecule has 0 unspecified atom stereocenters. The number of carbonyl (C=O) groups is 2. The third kappa shape index (κ3) is 6.58. The van der Waals surface area contributed by atoms with E-state index in [2.05, 4.69) is 10.2 Å². The molecule has 1 aliphatic rings. The Bertz CT molecular complexity index is 1050. The molecule has 0 bridgehead atoms. The number of piperidine rings is 1. The fourth-order valence-electron chi connectivity index (χ4n) is 4.27. The van der Waals surface area contributed by atoms with E-state index < -0.39 is 0 Å². The van der Waals surface area contributed by atoms with Crippen LogP contribution in [0.25, 0.3) is 0 Å². The second-order valence-corrected chi connectivity index (χ2v) is 8.95. The van der Waals surface area contributed by atoms with E-state index >= 15 is 0 Å². The summed E-state index contributed by atoms with van der Waals surface area (Å²) in [5.41, 5.74) is 3.88. The predicted molar refractivity (Wildman–Crippen MR) is 134 cm³/mol. The highest BCUT2D eigenvalue weighted by Gasteiger charge is 2.21. The van der Waals surface area contributed by atoms with Gasteiger partial charge in [0.25, 0.3) is 5.91 Å². The Morgan fingerprint density at radius 2 is 1.65 bits per heavy atom. The van der Waals surface area contributed by atoms with E-state index in [1.165, 1.54) is 31.1 Å². The van der Waals surface area contributed by atoms with Crippen molar-refractivity contribution in [2.24, 2.45) is 0 Å². The van der Waals surface area contributed by atoms with Gasteiger partial charge in [0.1, 0.15) is 0 Å². The van der Waals surface area contributed by atoms with Gasteiger partial charge in [0.2, 0.25) is 5.91 Å². The minimum absolute atomic E-state index is 0.0212. The second-order valence-electron chi connectivity index (χ2n) is 8.95. The molecule has 1 N–H and O–H groups in total. The lowest BCUT2D eigenvalue weighted by Crippen LogP contribution is -2.38. The zero-order valence-electron chi connectivity index (χ0n) is 19.8. The molecule has 0 radical (unpaired) electrons. The fourth-order valence-corrected chi connectivity index (χ4v) is 4.27. The van der Waals surface area contributed by atoms with Crippen molar-refractivity contribution in [3.8, 4) is 0 Å². The normalized spacial score (nSPS) is 14.0. The number of aryl methyl sites for hydroxylation is 1. The van der Waals surface area contributed by atoms with Crippen LogP contribution in [0.5, 0.6) is 0 Å². The minimum Gasteiger partial charge on any atom is -0.459 e. The summed E-state index contributed by atoms with van der Waals surface area (Å²) in [7, 11) is 0. The van der Waals surface area contributed by atoms with Crippen LogP contribution in [0.4, 0.5) is 5.69 Å². The van der Waals surface area contributed by atoms with E-state index in [9.17, 15) is 9.59 Å². The van der Waals surface area contributed by atoms with Gasteiger partial charge in [0, 0.05) is 18.8 Å². The van der Waals surface area contributed by atoms with Crippen LogP contribution in [-0.2, 0) is 17.8 Å². The van der Waals surface area contributed by atoms with Gasteiger partial charge in [-0.1, -0.05) is 48.4 Å². The van der Waals surface area contributed by atoms with Gasteiger partial charge in [0.15, 0.2) is 5.76 Å². The average Bonchev–Trinajstić information content (AvgIpc) is 3.40. The van der Waals surface area contributed by atoms with Crippen molar-refractivity contribution in [2.75, 3.05) is 31.1 Å². The van der Waals surface area contributed by atoms with Gasteiger partial charge in [0.05, 0.1) is 19.2 Å². The summed E-state index contributed by atoms with van der Waals surface area (Å²) in [5, 5.41) is 3.03. The Labute approximate surface area is 201 Å². The summed E-state index contributed by atoms with van der Waals surface area (Å²) in [6, 6.07) is 19.1. The van der Waals surface area contributed by atoms with Crippen molar-refractivity contribution >= 4 is 17.5 Å². The molecule has 2 heterocycles. The number of amides is 2. The zero-order valence-corrected chi connectivity index (χ0v) is 19.8. The smallest absolute Gasteiger partial charge is 0.294 e. The lowest BCUT2D eigenvalue weighted by atomic mass is 10.1. The Morgan fingerprint density at radius 1 is 0.941 bits per heavy atom. The van der Waals surface area contributed by atoms with Crippen LogP contribution in [0.3, 0.4) is 0 Å². The molecule has 6 heteroatoms. The van der Waals surface area contributed by atoms with Gasteiger partial charge in [-0.3, -0.25) is 9.59 Å². The number of carbonyl (C=O) groups excluding carboxylic acids is 2. The monoisotopic (exact) mass is 459 g/mol. The van der Waals surface area contributed by atoms with E-state index in [4.69, 9.17) is 4.42 Å². The number of furan rings is 1. The first-order valence-corrected chi connectivity index (χ1v) is 12.1. The number of nitrogens with zero attached hydrogens (tertiary/aromatic N) is 2. The molecule has 178 valence electrons. The number of hydrogen-bond donors (Lipinski definition) is 1. The van der Waals surface area contributed by atoms with Gasteiger partial charge >= 0.3 is 0 Å². The molecule has 2 aromatic carbocycles. The highest BCUT2D eigenvalue weighted by Crippen LogP contribution is 2.22. The molecule has 0 atom stereocenters. The maximum atomic E-state index is 13.2. The van der Waals surface area contributed by atoms with Crippen molar-refractivity contribution in [2.45, 2.75) is 39.2 Å². The fraction of sp³-hybridized carbons (Fsp3) is 0.357. The predicted octanol–water partition coefficient (Wildman–Crippen LogP) is 4.58. The third-order valence-corrected chi connectivity index (χ3v) is 6.25. The van der Waals surface area contributed by atoms with Crippen molar-refractivity contribution in [1.82, 2.24) is 10.2 Å². The van der Waals surface area contributed by atoms with Crippen LogP contribution < -0.4 is 10.2 Å². The van der Waals surface area contributed by atoms with Crippen LogP contribution in [0.2, 0.25) is 0 Å². The second kappa shape index (κ2) is 11.7. The van der Waals surface area contributed by atoms with E-state index in [0.717, 1.165) is 36.4 Å². The summed E-state index contributed by atoms with van der Waals surface area (Å²) in [4.78, 5) is 29.7. The van der Waals surface area contributed by atoms with Crippen LogP contribution in [0.1, 0.15) is 46.5 Å². The molecular weight excluding hydrogens is 426 g/mol. The lowest BCUT2D eigenvalue weighted by Gasteiger charge is -2.26. The van der Waals surface area contributed by atoms with E-state index in [1.54, 1.807) is 17.0 Å². The van der Waals surface area contributed by atoms with Gasteiger partial charge in [-0.2, -0.15) is 0 Å². The van der Waals surface area contributed by atoms with Crippen molar-refractivity contribution < 1.29 is 14.0 Å². The van der Waals surface area contributed by atoms with Crippen molar-refractivity contribution in [3.63, 3.8) is 0 Å². The molecule has 1 fully saturated rings. The molecule has 1 aromatic heterocycles. The Hall–Kier alpha value is -3.38. The van der Waals surface area contributed by atoms with Crippen molar-refractivity contribution in [3.05, 3.63) is 89.4 Å². The molecule has 1 aliphatic heterocycles. The molecule has 1 saturated heterocycles. The largest absolute Gasteiger partial charge is 0.459 e. The van der Waals surface area contributed by atoms with Gasteiger partial charge in [-0.25, -0.2) is 0 Å². The van der Waals surface area contributed by atoms with Gasteiger partial charge in [-0.05, 0) is 68.2 Å². The first kappa shape index (κ1) is 23.8. The van der Waals surface area contributed by atoms with Crippen LogP contribution in [-0.4, -0.2) is 42.9 Å². The summed E-state index contributed by atoms with van der Waals surface area (Å²) >= 11 is 0. The lowest BCUT2D eigenvalue weighted by molar-refractivity contribution is -0.120. The number of anilines is 1. The third-order valence-electron chi connectivity index (χ3n) is 6.25. The molecule has 3 aromatic rings. The molecule has 2 amide bonds. The molecular formula is C28H33N3O3. The highest BCUT2D eigenvalue weighted by atomic mass is 16.3. The average molecular weight is 460 g/mol. The quantitative estimate of drug-likeness (QED) is 0.509. The zero-order chi connectivity index (χ0) is 23.8. The first-order valence-electron chi connectivity index (χ1n) is 12.1.